The summed E-state index contributed by atoms with van der Waals surface area (Å²) >= 11 is 0. The van der Waals surface area contributed by atoms with Gasteiger partial charge in [-0.05, 0) is 67.1 Å². The molecule has 1 saturated heterocycles. The molecule has 6 rings (SSSR count). The molecule has 9 heteroatoms. The van der Waals surface area contributed by atoms with Gasteiger partial charge in [0.15, 0.2) is 0 Å². The predicted octanol–water partition coefficient (Wildman–Crippen LogP) is 6.77. The molecule has 1 aromatic heterocycles. The molecule has 39 heavy (non-hydrogen) atoms. The number of aryl methyl sites for hydroxylation is 1. The van der Waals surface area contributed by atoms with Crippen LogP contribution in [0.2, 0.25) is 0 Å². The first-order valence-corrected chi connectivity index (χ1v) is 13.5. The van der Waals surface area contributed by atoms with Crippen LogP contribution < -0.4 is 10.1 Å². The minimum Gasteiger partial charge on any atom is -0.496 e. The Morgan fingerprint density at radius 2 is 1.79 bits per heavy atom. The van der Waals surface area contributed by atoms with Crippen LogP contribution in [0.5, 0.6) is 5.75 Å². The zero-order valence-electron chi connectivity index (χ0n) is 22.1. The molecule has 3 aliphatic rings. The van der Waals surface area contributed by atoms with Crippen LogP contribution in [0.15, 0.2) is 42.6 Å². The largest absolute Gasteiger partial charge is 0.496 e. The van der Waals surface area contributed by atoms with Crippen molar-refractivity contribution in [2.45, 2.75) is 75.9 Å². The molecule has 2 N–H and O–H groups in total. The normalized spacial score (nSPS) is 23.8. The molecule has 0 radical (unpaired) electrons. The molecule has 2 saturated carbocycles. The molecule has 3 fully saturated rings. The summed E-state index contributed by atoms with van der Waals surface area (Å²) in [4.78, 5) is 18.2. The lowest BCUT2D eigenvalue weighted by Gasteiger charge is -2.54. The van der Waals surface area contributed by atoms with E-state index >= 15 is 0 Å². The number of benzene rings is 2. The van der Waals surface area contributed by atoms with Crippen molar-refractivity contribution in [1.82, 2.24) is 15.2 Å². The Kier molecular flexibility index (Phi) is 6.21. The second kappa shape index (κ2) is 9.25. The Balaban J connectivity index is 1.26. The van der Waals surface area contributed by atoms with Crippen molar-refractivity contribution in [2.24, 2.45) is 5.41 Å². The number of hydrogen-bond donors (Lipinski definition) is 2. The lowest BCUT2D eigenvalue weighted by molar-refractivity contribution is -0.186. The van der Waals surface area contributed by atoms with E-state index in [4.69, 9.17) is 4.74 Å². The number of carbonyl (C=O) groups excluding carboxylic acids is 1. The molecule has 5 nitrogen and oxygen atoms in total. The second-order valence-electron chi connectivity index (χ2n) is 11.8. The van der Waals surface area contributed by atoms with Crippen molar-refractivity contribution in [3.8, 4) is 5.75 Å². The summed E-state index contributed by atoms with van der Waals surface area (Å²) in [5.74, 6) is -4.89. The number of aromatic amines is 1. The van der Waals surface area contributed by atoms with Gasteiger partial charge in [0, 0.05) is 72.5 Å². The number of fused-ring (bicyclic) bond motifs is 1. The molecule has 0 bridgehead atoms. The molecule has 1 amide bonds. The Morgan fingerprint density at radius 1 is 1.08 bits per heavy atom. The average molecular weight is 544 g/mol. The fraction of sp³-hybridized carbons (Fsp3) is 0.500. The van der Waals surface area contributed by atoms with Gasteiger partial charge in [-0.1, -0.05) is 12.1 Å². The molecule has 1 atom stereocenters. The predicted molar refractivity (Wildman–Crippen MR) is 140 cm³/mol. The standard InChI is InChI=1S/C30H33F4N3O2/c1-18-11-25(39-2)23(22-7-9-35-26(18)22)15-37-10-8-28(16-30(33,34)17-28)14-24(37)19-3-5-20(6-4-19)27(38)36-21-12-29(31,32)13-21/h3-7,9,11,21,24,35H,8,10,12-17H2,1-2H3,(H,36,38)/t24-/m0/s1. The molecule has 208 valence electrons. The van der Waals surface area contributed by atoms with Crippen LogP contribution in [0, 0.1) is 12.3 Å². The molecular weight excluding hydrogens is 510 g/mol. The van der Waals surface area contributed by atoms with Gasteiger partial charge in [-0.3, -0.25) is 9.69 Å². The Labute approximate surface area is 224 Å². The van der Waals surface area contributed by atoms with Crippen molar-refractivity contribution in [3.63, 3.8) is 0 Å². The zero-order chi connectivity index (χ0) is 27.6. The highest BCUT2D eigenvalue weighted by atomic mass is 19.3. The SMILES string of the molecule is COc1cc(C)c2[nH]ccc2c1CN1CCC2(C[C@H]1c1ccc(C(=O)NC3CC(F)(F)C3)cc1)CC(F)(F)C2. The molecule has 2 aliphatic carbocycles. The number of nitrogens with zero attached hydrogens (tertiary/aromatic N) is 1. The van der Waals surface area contributed by atoms with Crippen LogP contribution in [0.1, 0.15) is 71.6 Å². The second-order valence-corrected chi connectivity index (χ2v) is 11.8. The van der Waals surface area contributed by atoms with Gasteiger partial charge in [0.25, 0.3) is 11.8 Å². The summed E-state index contributed by atoms with van der Waals surface area (Å²) in [6, 6.07) is 10.6. The first-order valence-electron chi connectivity index (χ1n) is 13.5. The number of rotatable bonds is 6. The van der Waals surface area contributed by atoms with Crippen molar-refractivity contribution in [2.75, 3.05) is 13.7 Å². The number of ether oxygens (including phenoxy) is 1. The summed E-state index contributed by atoms with van der Waals surface area (Å²) in [6.07, 6.45) is 2.37. The first kappa shape index (κ1) is 26.2. The average Bonchev–Trinajstić information content (AvgIpc) is 3.35. The number of piperidine rings is 1. The van der Waals surface area contributed by atoms with E-state index < -0.39 is 23.3 Å². The van der Waals surface area contributed by atoms with Gasteiger partial charge in [0.2, 0.25) is 5.92 Å². The van der Waals surface area contributed by atoms with E-state index in [-0.39, 0.29) is 37.6 Å². The van der Waals surface area contributed by atoms with E-state index in [0.717, 1.165) is 33.3 Å². The van der Waals surface area contributed by atoms with Crippen LogP contribution in [-0.2, 0) is 6.54 Å². The highest BCUT2D eigenvalue weighted by Gasteiger charge is 2.58. The molecule has 2 aromatic carbocycles. The fourth-order valence-corrected chi connectivity index (χ4v) is 6.94. The number of aromatic nitrogens is 1. The van der Waals surface area contributed by atoms with E-state index in [1.165, 1.54) is 0 Å². The third kappa shape index (κ3) is 4.90. The summed E-state index contributed by atoms with van der Waals surface area (Å²) in [5.41, 5.74) is 4.14. The van der Waals surface area contributed by atoms with Gasteiger partial charge in [-0.2, -0.15) is 0 Å². The van der Waals surface area contributed by atoms with E-state index in [1.54, 1.807) is 19.2 Å². The third-order valence-electron chi connectivity index (χ3n) is 8.94. The van der Waals surface area contributed by atoms with Gasteiger partial charge >= 0.3 is 0 Å². The van der Waals surface area contributed by atoms with Crippen molar-refractivity contribution < 1.29 is 27.1 Å². The van der Waals surface area contributed by atoms with Gasteiger partial charge < -0.3 is 15.0 Å². The Morgan fingerprint density at radius 3 is 2.44 bits per heavy atom. The van der Waals surface area contributed by atoms with Crippen LogP contribution in [0.3, 0.4) is 0 Å². The van der Waals surface area contributed by atoms with Crippen molar-refractivity contribution >= 4 is 16.8 Å². The quantitative estimate of drug-likeness (QED) is 0.338. The summed E-state index contributed by atoms with van der Waals surface area (Å²) in [7, 11) is 1.66. The molecule has 2 heterocycles. The molecule has 1 spiro atoms. The van der Waals surface area contributed by atoms with Gasteiger partial charge in [0.05, 0.1) is 7.11 Å². The number of nitrogens with one attached hydrogen (secondary N) is 2. The lowest BCUT2D eigenvalue weighted by Crippen LogP contribution is -2.53. The van der Waals surface area contributed by atoms with Gasteiger partial charge in [-0.15, -0.1) is 0 Å². The van der Waals surface area contributed by atoms with E-state index in [2.05, 4.69) is 15.2 Å². The van der Waals surface area contributed by atoms with Crippen molar-refractivity contribution in [3.05, 3.63) is 64.8 Å². The smallest absolute Gasteiger partial charge is 0.252 e. The first-order chi connectivity index (χ1) is 18.5. The highest BCUT2D eigenvalue weighted by Crippen LogP contribution is 2.60. The number of halogens is 4. The van der Waals surface area contributed by atoms with Crippen LogP contribution in [0.25, 0.3) is 10.9 Å². The highest BCUT2D eigenvalue weighted by molar-refractivity contribution is 5.94. The van der Waals surface area contributed by atoms with Gasteiger partial charge in [0.1, 0.15) is 5.75 Å². The van der Waals surface area contributed by atoms with Crippen molar-refractivity contribution in [1.29, 1.82) is 0 Å². The zero-order valence-corrected chi connectivity index (χ0v) is 22.1. The monoisotopic (exact) mass is 543 g/mol. The molecule has 3 aromatic rings. The van der Waals surface area contributed by atoms with E-state index in [0.29, 0.717) is 31.5 Å². The van der Waals surface area contributed by atoms with E-state index in [1.807, 2.05) is 37.4 Å². The summed E-state index contributed by atoms with van der Waals surface area (Å²) in [5, 5.41) is 3.75. The lowest BCUT2D eigenvalue weighted by atomic mass is 9.59. The number of H-pyrrole nitrogens is 1. The topological polar surface area (TPSA) is 57.4 Å². The minimum absolute atomic E-state index is 0.0905. The van der Waals surface area contributed by atoms with E-state index in [9.17, 15) is 22.4 Å². The maximum Gasteiger partial charge on any atom is 0.252 e. The number of alkyl halides is 4. The number of carbonyl (C=O) groups is 1. The summed E-state index contributed by atoms with van der Waals surface area (Å²) < 4.78 is 60.1. The molecular formula is C30H33F4N3O2. The number of hydrogen-bond acceptors (Lipinski definition) is 3. The number of methoxy groups -OCH3 is 1. The Bertz CT molecular complexity index is 1390. The van der Waals surface area contributed by atoms with Crippen LogP contribution in [0.4, 0.5) is 17.6 Å². The Hall–Kier alpha value is -3.07. The summed E-state index contributed by atoms with van der Waals surface area (Å²) in [6.45, 7) is 3.29. The van der Waals surface area contributed by atoms with Crippen LogP contribution >= 0.6 is 0 Å². The number of amides is 1. The minimum atomic E-state index is -2.70. The van der Waals surface area contributed by atoms with Crippen LogP contribution in [-0.4, -0.2) is 47.3 Å². The van der Waals surface area contributed by atoms with Gasteiger partial charge in [-0.25, -0.2) is 17.6 Å². The maximum absolute atomic E-state index is 14.0. The number of likely N-dealkylation sites (tertiary alicyclic amines) is 1. The third-order valence-corrected chi connectivity index (χ3v) is 8.94. The molecule has 1 aliphatic heterocycles. The molecule has 0 unspecified atom stereocenters. The fourth-order valence-electron chi connectivity index (χ4n) is 6.94. The maximum atomic E-state index is 14.0.